The van der Waals surface area contributed by atoms with Crippen LogP contribution < -0.4 is 11.1 Å². The second-order valence-corrected chi connectivity index (χ2v) is 19.8. The molecule has 0 unspecified atom stereocenters. The average Bonchev–Trinajstić information content (AvgIpc) is 3.05. The first kappa shape index (κ1) is 42.8. The Balaban J connectivity index is 2.07. The van der Waals surface area contributed by atoms with E-state index in [1.54, 1.807) is 30.3 Å². The molecule has 0 bridgehead atoms. The number of nitrogens with one attached hydrogen (secondary N) is 1. The molecule has 290 valence electrons. The van der Waals surface area contributed by atoms with Crippen LogP contribution in [0, 0.1) is 0 Å². The van der Waals surface area contributed by atoms with Crippen LogP contribution in [0.5, 0.6) is 0 Å². The van der Waals surface area contributed by atoms with Gasteiger partial charge in [-0.15, -0.1) is 0 Å². The molecule has 0 spiro atoms. The first-order valence-electron chi connectivity index (χ1n) is 16.6. The Morgan fingerprint density at radius 2 is 1.55 bits per heavy atom. The number of benzene rings is 1. The Morgan fingerprint density at radius 1 is 0.961 bits per heavy atom. The SMILES string of the molecule is CC(=O)N[C@H]1[C@H]([C@H](O)[C@@H](COCc2ccccc2)O[C@]2(C(=O)O)C[C@H](O)[C@@H](N)[C@H]([C@H](O)[C@H](O)CO)O2)O[C@@](OCC[Si](C)(C)C)(C(=O)O)C[C@@H]1O. The van der Waals surface area contributed by atoms with Gasteiger partial charge in [-0.3, -0.25) is 4.79 Å². The number of aliphatic carboxylic acids is 2. The van der Waals surface area contributed by atoms with Crippen LogP contribution in [-0.2, 0) is 44.7 Å². The molecule has 51 heavy (non-hydrogen) atoms. The lowest BCUT2D eigenvalue weighted by atomic mass is 9.87. The second kappa shape index (κ2) is 17.9. The molecular weight excluding hydrogens is 696 g/mol. The highest BCUT2D eigenvalue weighted by Crippen LogP contribution is 2.38. The van der Waals surface area contributed by atoms with Crippen LogP contribution >= 0.6 is 0 Å². The summed E-state index contributed by atoms with van der Waals surface area (Å²) < 4.78 is 29.1. The zero-order chi connectivity index (χ0) is 38.3. The molecule has 2 aliphatic rings. The summed E-state index contributed by atoms with van der Waals surface area (Å²) >= 11 is 0. The number of aliphatic hydroxyl groups excluding tert-OH is 6. The highest BCUT2D eigenvalue weighted by atomic mass is 28.3. The van der Waals surface area contributed by atoms with E-state index in [-0.39, 0.29) is 13.2 Å². The molecule has 19 heteroatoms. The van der Waals surface area contributed by atoms with Gasteiger partial charge in [-0.25, -0.2) is 9.59 Å². The number of rotatable bonds is 18. The van der Waals surface area contributed by atoms with Crippen LogP contribution in [0.2, 0.25) is 25.7 Å². The third-order valence-electron chi connectivity index (χ3n) is 8.78. The number of amides is 1. The first-order chi connectivity index (χ1) is 23.8. The number of ether oxygens (including phenoxy) is 5. The summed E-state index contributed by atoms with van der Waals surface area (Å²) in [5, 5.41) is 87.3. The molecule has 1 amide bonds. The Labute approximate surface area is 296 Å². The summed E-state index contributed by atoms with van der Waals surface area (Å²) in [6.07, 6.45) is -16.4. The maximum Gasteiger partial charge on any atom is 0.364 e. The number of carboxylic acids is 2. The monoisotopic (exact) mass is 748 g/mol. The van der Waals surface area contributed by atoms with Crippen molar-refractivity contribution in [3.63, 3.8) is 0 Å². The summed E-state index contributed by atoms with van der Waals surface area (Å²) in [6, 6.07) is 6.22. The number of carbonyl (C=O) groups is 3. The normalized spacial score (nSPS) is 32.4. The van der Waals surface area contributed by atoms with Gasteiger partial charge in [0.1, 0.15) is 36.6 Å². The van der Waals surface area contributed by atoms with Gasteiger partial charge in [0.05, 0.1) is 44.1 Å². The summed E-state index contributed by atoms with van der Waals surface area (Å²) in [7, 11) is -1.76. The molecule has 2 saturated heterocycles. The van der Waals surface area contributed by atoms with Crippen LogP contribution in [-0.4, -0.2) is 159 Å². The maximum absolute atomic E-state index is 12.9. The van der Waals surface area contributed by atoms with E-state index in [4.69, 9.17) is 29.4 Å². The van der Waals surface area contributed by atoms with Crippen molar-refractivity contribution < 1.29 is 78.9 Å². The molecule has 2 fully saturated rings. The van der Waals surface area contributed by atoms with Crippen molar-refractivity contribution >= 4 is 25.9 Å². The molecule has 11 N–H and O–H groups in total. The van der Waals surface area contributed by atoms with Gasteiger partial charge in [0.15, 0.2) is 0 Å². The number of hydrogen-bond donors (Lipinski definition) is 10. The first-order valence-corrected chi connectivity index (χ1v) is 20.3. The van der Waals surface area contributed by atoms with Gasteiger partial charge in [0, 0.05) is 34.4 Å². The molecule has 18 nitrogen and oxygen atoms in total. The average molecular weight is 749 g/mol. The molecule has 0 aliphatic carbocycles. The van der Waals surface area contributed by atoms with Gasteiger partial charge in [0.2, 0.25) is 5.91 Å². The minimum atomic E-state index is -2.90. The van der Waals surface area contributed by atoms with E-state index in [9.17, 15) is 55.2 Å². The lowest BCUT2D eigenvalue weighted by Gasteiger charge is -2.49. The van der Waals surface area contributed by atoms with E-state index >= 15 is 0 Å². The fourth-order valence-electron chi connectivity index (χ4n) is 5.86. The van der Waals surface area contributed by atoms with Crippen LogP contribution in [0.25, 0.3) is 0 Å². The van der Waals surface area contributed by atoms with E-state index in [0.29, 0.717) is 11.6 Å². The van der Waals surface area contributed by atoms with E-state index < -0.39 is 124 Å². The Bertz CT molecular complexity index is 1310. The van der Waals surface area contributed by atoms with Crippen molar-refractivity contribution in [2.24, 2.45) is 5.73 Å². The number of aliphatic hydroxyl groups is 6. The number of hydrogen-bond acceptors (Lipinski definition) is 15. The summed E-state index contributed by atoms with van der Waals surface area (Å²) in [4.78, 5) is 37.8. The van der Waals surface area contributed by atoms with Crippen LogP contribution in [0.3, 0.4) is 0 Å². The molecule has 0 saturated carbocycles. The highest BCUT2D eigenvalue weighted by Gasteiger charge is 2.59. The molecule has 0 aromatic heterocycles. The lowest BCUT2D eigenvalue weighted by molar-refractivity contribution is -0.345. The van der Waals surface area contributed by atoms with Crippen molar-refractivity contribution in [1.82, 2.24) is 5.32 Å². The van der Waals surface area contributed by atoms with Crippen LogP contribution in [0.1, 0.15) is 25.3 Å². The number of carbonyl (C=O) groups excluding carboxylic acids is 1. The minimum absolute atomic E-state index is 0.0833. The molecule has 1 aromatic carbocycles. The summed E-state index contributed by atoms with van der Waals surface area (Å²) in [6.45, 7) is 5.41. The van der Waals surface area contributed by atoms with Gasteiger partial charge >= 0.3 is 11.9 Å². The molecule has 1 aromatic rings. The fraction of sp³-hybridized carbons (Fsp3) is 0.719. The van der Waals surface area contributed by atoms with E-state index in [0.717, 1.165) is 6.92 Å². The van der Waals surface area contributed by atoms with Gasteiger partial charge in [-0.05, 0) is 11.6 Å². The topological polar surface area (TPSA) is 297 Å². The predicted octanol–water partition coefficient (Wildman–Crippen LogP) is -2.29. The van der Waals surface area contributed by atoms with Crippen LogP contribution in [0.4, 0.5) is 0 Å². The summed E-state index contributed by atoms with van der Waals surface area (Å²) in [5.41, 5.74) is 6.65. The van der Waals surface area contributed by atoms with Crippen molar-refractivity contribution in [1.29, 1.82) is 0 Å². The Morgan fingerprint density at radius 3 is 2.10 bits per heavy atom. The maximum atomic E-state index is 12.9. The Hall–Kier alpha value is -2.63. The molecule has 2 heterocycles. The number of nitrogens with two attached hydrogens (primary N) is 1. The van der Waals surface area contributed by atoms with Crippen LogP contribution in [0.15, 0.2) is 30.3 Å². The second-order valence-electron chi connectivity index (χ2n) is 14.2. The van der Waals surface area contributed by atoms with E-state index in [1.807, 2.05) is 19.6 Å². The lowest BCUT2D eigenvalue weighted by Crippen LogP contribution is -2.70. The smallest absolute Gasteiger partial charge is 0.364 e. The van der Waals surface area contributed by atoms with Gasteiger partial charge in [-0.2, -0.15) is 0 Å². The van der Waals surface area contributed by atoms with Crippen molar-refractivity contribution in [3.8, 4) is 0 Å². The molecular formula is C32H52N2O16Si. The Kier molecular flexibility index (Phi) is 15.0. The fourth-order valence-corrected chi connectivity index (χ4v) is 6.58. The molecule has 3 rings (SSSR count). The third-order valence-corrected chi connectivity index (χ3v) is 10.5. The zero-order valence-corrected chi connectivity index (χ0v) is 30.0. The summed E-state index contributed by atoms with van der Waals surface area (Å²) in [5.74, 6) is -9.59. The zero-order valence-electron chi connectivity index (χ0n) is 29.0. The molecule has 0 radical (unpaired) electrons. The molecule has 2 aliphatic heterocycles. The third kappa shape index (κ3) is 10.9. The highest BCUT2D eigenvalue weighted by molar-refractivity contribution is 6.76. The van der Waals surface area contributed by atoms with E-state index in [2.05, 4.69) is 5.32 Å². The standard InChI is InChI=1S/C32H52N2O16Si/c1-17(36)34-24-20(38)13-31(29(42)43,47-10-11-51(2,3)4)50-28(24)26(41)22(16-46-15-18-8-6-5-7-9-18)48-32(30(44)45)12-19(37)23(33)27(49-32)25(40)21(39)14-35/h5-9,19-28,35,37-41H,10-16,33H2,1-4H3,(H,34,36)(H,42,43)(H,44,45)/t19-,20-,21+,22+,23+,24+,25+,26+,27+,28+,31+,32+/m0/s1. The quantitative estimate of drug-likeness (QED) is 0.0707. The molecule has 12 atom stereocenters. The van der Waals surface area contributed by atoms with Crippen molar-refractivity contribution in [2.45, 2.75) is 125 Å². The number of carboxylic acid groups (broad SMARTS) is 2. The minimum Gasteiger partial charge on any atom is -0.477 e. The van der Waals surface area contributed by atoms with Gasteiger partial charge < -0.3 is 75.6 Å². The van der Waals surface area contributed by atoms with Crippen molar-refractivity contribution in [2.75, 3.05) is 19.8 Å². The van der Waals surface area contributed by atoms with Gasteiger partial charge in [-0.1, -0.05) is 50.0 Å². The largest absolute Gasteiger partial charge is 0.477 e. The predicted molar refractivity (Wildman–Crippen MR) is 177 cm³/mol. The van der Waals surface area contributed by atoms with Crippen molar-refractivity contribution in [3.05, 3.63) is 35.9 Å². The van der Waals surface area contributed by atoms with E-state index in [1.165, 1.54) is 0 Å². The van der Waals surface area contributed by atoms with Gasteiger partial charge in [0.25, 0.3) is 11.6 Å².